The molecule has 0 bridgehead atoms. The van der Waals surface area contributed by atoms with Gasteiger partial charge in [0.15, 0.2) is 5.60 Å². The molecule has 0 saturated carbocycles. The minimum Gasteiger partial charge on any atom is -0.455 e. The number of halogens is 6. The van der Waals surface area contributed by atoms with Crippen LogP contribution in [0.25, 0.3) is 0 Å². The van der Waals surface area contributed by atoms with Crippen molar-refractivity contribution in [2.24, 2.45) is 17.3 Å². The summed E-state index contributed by atoms with van der Waals surface area (Å²) >= 11 is 0. The van der Waals surface area contributed by atoms with E-state index in [0.29, 0.717) is 13.8 Å². The van der Waals surface area contributed by atoms with Gasteiger partial charge in [-0.3, -0.25) is 4.79 Å². The molecule has 0 radical (unpaired) electrons. The van der Waals surface area contributed by atoms with Crippen molar-refractivity contribution >= 4 is 5.97 Å². The fourth-order valence-electron chi connectivity index (χ4n) is 2.40. The molecule has 144 valence electrons. The highest BCUT2D eigenvalue weighted by Crippen LogP contribution is 2.51. The van der Waals surface area contributed by atoms with Gasteiger partial charge in [-0.1, -0.05) is 27.7 Å². The maximum absolute atomic E-state index is 13.0. The Kier molecular flexibility index (Phi) is 6.12. The highest BCUT2D eigenvalue weighted by atomic mass is 19.4. The summed E-state index contributed by atoms with van der Waals surface area (Å²) in [6.07, 6.45) is -12.2. The first-order valence-corrected chi connectivity index (χ1v) is 7.36. The van der Waals surface area contributed by atoms with Crippen molar-refractivity contribution in [1.82, 2.24) is 0 Å². The lowest BCUT2D eigenvalue weighted by Crippen LogP contribution is -2.70. The van der Waals surface area contributed by atoms with Crippen LogP contribution in [0.15, 0.2) is 0 Å². The third-order valence-corrected chi connectivity index (χ3v) is 4.88. The van der Waals surface area contributed by atoms with Gasteiger partial charge in [-0.15, -0.1) is 0 Å². The Morgan fingerprint density at radius 1 is 0.833 bits per heavy atom. The van der Waals surface area contributed by atoms with Crippen molar-refractivity contribution in [3.05, 3.63) is 0 Å². The number of hydrogen-bond acceptors (Lipinski definition) is 3. The van der Waals surface area contributed by atoms with Crippen LogP contribution in [-0.4, -0.2) is 34.6 Å². The first-order valence-electron chi connectivity index (χ1n) is 7.36. The zero-order valence-electron chi connectivity index (χ0n) is 14.7. The van der Waals surface area contributed by atoms with Crippen molar-refractivity contribution in [2.75, 3.05) is 0 Å². The lowest BCUT2D eigenvalue weighted by Gasteiger charge is -2.45. The van der Waals surface area contributed by atoms with Gasteiger partial charge in [0.2, 0.25) is 0 Å². The minimum atomic E-state index is -6.08. The van der Waals surface area contributed by atoms with Gasteiger partial charge in [0, 0.05) is 0 Å². The Bertz CT molecular complexity index is 441. The Morgan fingerprint density at radius 2 is 1.12 bits per heavy atom. The average molecular weight is 366 g/mol. The van der Waals surface area contributed by atoms with E-state index < -0.39 is 46.8 Å². The summed E-state index contributed by atoms with van der Waals surface area (Å²) in [6, 6.07) is 0. The predicted molar refractivity (Wildman–Crippen MR) is 75.0 cm³/mol. The standard InChI is InChI=1S/C15H24F6O3/c1-8(2)12(7,9(3)4)10(22)24-11(5,6)13(23,14(16,17)18)15(19,20)21/h8-9,23H,1-7H3. The SMILES string of the molecule is CC(C)C(C)(C(=O)OC(C)(C)C(O)(C(F)(F)F)C(F)(F)F)C(C)C. The molecule has 0 aromatic carbocycles. The van der Waals surface area contributed by atoms with Gasteiger partial charge in [0.05, 0.1) is 5.41 Å². The van der Waals surface area contributed by atoms with Crippen LogP contribution in [0.3, 0.4) is 0 Å². The number of aliphatic hydroxyl groups is 1. The molecule has 24 heavy (non-hydrogen) atoms. The van der Waals surface area contributed by atoms with Gasteiger partial charge in [-0.2, -0.15) is 26.3 Å². The maximum atomic E-state index is 13.0. The number of carbonyl (C=O) groups excluding carboxylic acids is 1. The topological polar surface area (TPSA) is 46.5 Å². The Morgan fingerprint density at radius 3 is 1.33 bits per heavy atom. The molecule has 0 amide bonds. The average Bonchev–Trinajstić information content (AvgIpc) is 2.32. The lowest BCUT2D eigenvalue weighted by molar-refractivity contribution is -0.408. The van der Waals surface area contributed by atoms with E-state index >= 15 is 0 Å². The molecule has 0 aliphatic heterocycles. The molecular formula is C15H24F6O3. The molecule has 3 nitrogen and oxygen atoms in total. The molecule has 0 rings (SSSR count). The number of hydrogen-bond donors (Lipinski definition) is 1. The van der Waals surface area contributed by atoms with E-state index in [1.165, 1.54) is 6.92 Å². The lowest BCUT2D eigenvalue weighted by atomic mass is 9.70. The van der Waals surface area contributed by atoms with Crippen molar-refractivity contribution in [3.63, 3.8) is 0 Å². The van der Waals surface area contributed by atoms with E-state index in [1.807, 2.05) is 0 Å². The monoisotopic (exact) mass is 366 g/mol. The number of carbonyl (C=O) groups is 1. The largest absolute Gasteiger partial charge is 0.455 e. The van der Waals surface area contributed by atoms with E-state index in [4.69, 9.17) is 0 Å². The molecule has 9 heteroatoms. The van der Waals surface area contributed by atoms with Gasteiger partial charge in [0.25, 0.3) is 5.60 Å². The Balaban J connectivity index is 6.04. The van der Waals surface area contributed by atoms with E-state index in [2.05, 4.69) is 4.74 Å². The first-order chi connectivity index (χ1) is 10.3. The van der Waals surface area contributed by atoms with Gasteiger partial charge in [0.1, 0.15) is 0 Å². The van der Waals surface area contributed by atoms with Crippen LogP contribution < -0.4 is 0 Å². The van der Waals surface area contributed by atoms with Crippen LogP contribution >= 0.6 is 0 Å². The smallest absolute Gasteiger partial charge is 0.430 e. The number of esters is 1. The molecule has 0 aromatic heterocycles. The second kappa shape index (κ2) is 6.38. The zero-order chi connectivity index (χ0) is 19.9. The summed E-state index contributed by atoms with van der Waals surface area (Å²) < 4.78 is 82.6. The van der Waals surface area contributed by atoms with Crippen LogP contribution in [0.1, 0.15) is 48.5 Å². The van der Waals surface area contributed by atoms with Crippen LogP contribution in [0.4, 0.5) is 26.3 Å². The molecule has 0 saturated heterocycles. The quantitative estimate of drug-likeness (QED) is 0.576. The summed E-state index contributed by atoms with van der Waals surface area (Å²) in [6.45, 7) is 8.62. The normalized spacial score (nSPS) is 15.2. The van der Waals surface area contributed by atoms with Gasteiger partial charge >= 0.3 is 18.3 Å². The number of rotatable bonds is 5. The van der Waals surface area contributed by atoms with E-state index in [1.54, 1.807) is 27.7 Å². The van der Waals surface area contributed by atoms with Crippen LogP contribution in [0, 0.1) is 17.3 Å². The van der Waals surface area contributed by atoms with Crippen molar-refractivity contribution in [3.8, 4) is 0 Å². The second-order valence-corrected chi connectivity index (χ2v) is 7.20. The highest BCUT2D eigenvalue weighted by molar-refractivity contribution is 5.77. The van der Waals surface area contributed by atoms with Gasteiger partial charge in [-0.05, 0) is 32.6 Å². The molecule has 0 unspecified atom stereocenters. The van der Waals surface area contributed by atoms with Crippen LogP contribution in [0.2, 0.25) is 0 Å². The zero-order valence-corrected chi connectivity index (χ0v) is 14.7. The molecule has 0 atom stereocenters. The molecule has 0 aromatic rings. The van der Waals surface area contributed by atoms with E-state index in [9.17, 15) is 36.2 Å². The summed E-state index contributed by atoms with van der Waals surface area (Å²) in [5, 5.41) is 9.48. The third-order valence-electron chi connectivity index (χ3n) is 4.88. The highest BCUT2D eigenvalue weighted by Gasteiger charge is 2.79. The Labute approximate surface area is 137 Å². The number of ether oxygens (including phenoxy) is 1. The van der Waals surface area contributed by atoms with Crippen molar-refractivity contribution in [1.29, 1.82) is 0 Å². The van der Waals surface area contributed by atoms with Crippen molar-refractivity contribution < 1.29 is 41.0 Å². The molecule has 1 N–H and O–H groups in total. The number of alkyl halides is 6. The van der Waals surface area contributed by atoms with Gasteiger partial charge in [-0.25, -0.2) is 0 Å². The summed E-state index contributed by atoms with van der Waals surface area (Å²) in [7, 11) is 0. The molecule has 0 aliphatic rings. The fraction of sp³-hybridized carbons (Fsp3) is 0.933. The van der Waals surface area contributed by atoms with Crippen LogP contribution in [-0.2, 0) is 9.53 Å². The third kappa shape index (κ3) is 3.50. The summed E-state index contributed by atoms with van der Waals surface area (Å²) in [5.74, 6) is -2.05. The van der Waals surface area contributed by atoms with E-state index in [0.717, 1.165) is 0 Å². The summed E-state index contributed by atoms with van der Waals surface area (Å²) in [4.78, 5) is 12.4. The second-order valence-electron chi connectivity index (χ2n) is 7.20. The first kappa shape index (κ1) is 23.0. The summed E-state index contributed by atoms with van der Waals surface area (Å²) in [5.41, 5.74) is -9.79. The fourth-order valence-corrected chi connectivity index (χ4v) is 2.40. The molecule has 0 spiro atoms. The molecule has 0 fully saturated rings. The van der Waals surface area contributed by atoms with Gasteiger partial charge < -0.3 is 9.84 Å². The van der Waals surface area contributed by atoms with Crippen LogP contribution in [0.5, 0.6) is 0 Å². The Hall–Kier alpha value is -0.990. The minimum absolute atomic E-state index is 0.396. The molecule has 0 aliphatic carbocycles. The van der Waals surface area contributed by atoms with Crippen molar-refractivity contribution in [2.45, 2.75) is 72.0 Å². The van der Waals surface area contributed by atoms with E-state index in [-0.39, 0.29) is 0 Å². The molecular weight excluding hydrogens is 342 g/mol. The molecule has 0 heterocycles. The maximum Gasteiger partial charge on any atom is 0.430 e. The predicted octanol–water partition coefficient (Wildman–Crippen LogP) is 4.48.